The average Bonchev–Trinajstić information content (AvgIpc) is 2.77. The highest BCUT2D eigenvalue weighted by Crippen LogP contribution is 2.16. The van der Waals surface area contributed by atoms with E-state index in [4.69, 9.17) is 5.73 Å². The van der Waals surface area contributed by atoms with E-state index in [2.05, 4.69) is 19.9 Å². The normalized spacial score (nSPS) is 11.4. The number of pyridine rings is 1. The lowest BCUT2D eigenvalue weighted by Crippen LogP contribution is -2.13. The van der Waals surface area contributed by atoms with Crippen molar-refractivity contribution >= 4 is 21.5 Å². The third-order valence-electron chi connectivity index (χ3n) is 2.17. The van der Waals surface area contributed by atoms with Gasteiger partial charge in [0.15, 0.2) is 0 Å². The molecule has 90 valence electrons. The molecule has 0 aliphatic carbocycles. The fourth-order valence-corrected chi connectivity index (χ4v) is 2.11. The first-order valence-corrected chi connectivity index (χ1v) is 6.21. The van der Waals surface area contributed by atoms with Gasteiger partial charge in [0.05, 0.1) is 18.1 Å². The van der Waals surface area contributed by atoms with Crippen LogP contribution in [-0.4, -0.2) is 23.6 Å². The van der Waals surface area contributed by atoms with Crippen molar-refractivity contribution in [2.75, 3.05) is 10.5 Å². The summed E-state index contributed by atoms with van der Waals surface area (Å²) in [7, 11) is -3.65. The summed E-state index contributed by atoms with van der Waals surface area (Å²) in [5.74, 6) is 0.220. The van der Waals surface area contributed by atoms with E-state index in [1.807, 2.05) is 0 Å². The summed E-state index contributed by atoms with van der Waals surface area (Å²) in [6.07, 6.45) is 3.90. The molecule has 0 bridgehead atoms. The maximum atomic E-state index is 11.8. The molecule has 2 aromatic heterocycles. The van der Waals surface area contributed by atoms with Crippen molar-refractivity contribution in [1.29, 1.82) is 0 Å². The number of aromatic amines is 1. The lowest BCUT2D eigenvalue weighted by Gasteiger charge is -2.06. The first kappa shape index (κ1) is 11.4. The van der Waals surface area contributed by atoms with E-state index in [1.54, 1.807) is 13.0 Å². The van der Waals surface area contributed by atoms with Crippen molar-refractivity contribution in [1.82, 2.24) is 15.2 Å². The lowest BCUT2D eigenvalue weighted by molar-refractivity contribution is 0.601. The predicted octanol–water partition coefficient (Wildman–Crippen LogP) is 0.496. The molecule has 2 aromatic rings. The molecule has 17 heavy (non-hydrogen) atoms. The zero-order chi connectivity index (χ0) is 12.5. The average molecular weight is 253 g/mol. The van der Waals surface area contributed by atoms with Crippen LogP contribution in [0, 0.1) is 6.92 Å². The number of anilines is 2. The fraction of sp³-hybridized carbons (Fsp3) is 0.111. The number of rotatable bonds is 3. The summed E-state index contributed by atoms with van der Waals surface area (Å²) in [4.78, 5) is 3.94. The van der Waals surface area contributed by atoms with Crippen molar-refractivity contribution in [2.24, 2.45) is 0 Å². The van der Waals surface area contributed by atoms with Crippen LogP contribution in [0.1, 0.15) is 5.56 Å². The quantitative estimate of drug-likeness (QED) is 0.736. The van der Waals surface area contributed by atoms with Crippen LogP contribution in [0.5, 0.6) is 0 Å². The molecule has 8 heteroatoms. The molecule has 0 radical (unpaired) electrons. The van der Waals surface area contributed by atoms with Crippen LogP contribution in [0.25, 0.3) is 0 Å². The second kappa shape index (κ2) is 4.06. The van der Waals surface area contributed by atoms with Crippen molar-refractivity contribution < 1.29 is 8.42 Å². The number of nitrogen functional groups attached to an aromatic ring is 1. The highest BCUT2D eigenvalue weighted by atomic mass is 32.2. The van der Waals surface area contributed by atoms with Crippen LogP contribution >= 0.6 is 0 Å². The number of aryl methyl sites for hydroxylation is 1. The van der Waals surface area contributed by atoms with Crippen molar-refractivity contribution in [3.8, 4) is 0 Å². The first-order valence-electron chi connectivity index (χ1n) is 4.73. The second-order valence-corrected chi connectivity index (χ2v) is 5.15. The van der Waals surface area contributed by atoms with Gasteiger partial charge in [-0.25, -0.2) is 13.4 Å². The van der Waals surface area contributed by atoms with Crippen LogP contribution in [0.15, 0.2) is 29.6 Å². The van der Waals surface area contributed by atoms with Crippen LogP contribution in [0.4, 0.5) is 11.5 Å². The van der Waals surface area contributed by atoms with Crippen LogP contribution in [-0.2, 0) is 10.0 Å². The molecule has 0 fully saturated rings. The van der Waals surface area contributed by atoms with Crippen LogP contribution < -0.4 is 10.5 Å². The molecular weight excluding hydrogens is 242 g/mol. The van der Waals surface area contributed by atoms with Gasteiger partial charge in [0.25, 0.3) is 10.0 Å². The Labute approximate surface area is 98.1 Å². The summed E-state index contributed by atoms with van der Waals surface area (Å²) in [6, 6.07) is 1.56. The monoisotopic (exact) mass is 253 g/mol. The van der Waals surface area contributed by atoms with Crippen molar-refractivity contribution in [2.45, 2.75) is 11.8 Å². The molecule has 2 heterocycles. The maximum Gasteiger partial charge on any atom is 0.266 e. The molecule has 0 spiro atoms. The molecule has 4 N–H and O–H groups in total. The fourth-order valence-electron chi connectivity index (χ4n) is 1.20. The smallest absolute Gasteiger partial charge is 0.266 e. The molecule has 0 amide bonds. The minimum absolute atomic E-state index is 0.0498. The Kier molecular flexibility index (Phi) is 2.72. The number of sulfonamides is 1. The number of hydrogen-bond donors (Lipinski definition) is 3. The highest BCUT2D eigenvalue weighted by Gasteiger charge is 2.15. The lowest BCUT2D eigenvalue weighted by atomic mass is 10.2. The first-order chi connectivity index (χ1) is 7.99. The van der Waals surface area contributed by atoms with Crippen LogP contribution in [0.3, 0.4) is 0 Å². The minimum atomic E-state index is -3.65. The maximum absolute atomic E-state index is 11.8. The zero-order valence-electron chi connectivity index (χ0n) is 9.01. The molecule has 2 rings (SSSR count). The van der Waals surface area contributed by atoms with Gasteiger partial charge < -0.3 is 5.73 Å². The Hall–Kier alpha value is -2.09. The van der Waals surface area contributed by atoms with Gasteiger partial charge in [0.1, 0.15) is 10.7 Å². The van der Waals surface area contributed by atoms with Crippen LogP contribution in [0.2, 0.25) is 0 Å². The largest absolute Gasteiger partial charge is 0.397 e. The van der Waals surface area contributed by atoms with Gasteiger partial charge in [0.2, 0.25) is 0 Å². The van der Waals surface area contributed by atoms with E-state index >= 15 is 0 Å². The van der Waals surface area contributed by atoms with E-state index in [0.29, 0.717) is 5.69 Å². The van der Waals surface area contributed by atoms with Crippen molar-refractivity contribution in [3.05, 3.63) is 30.2 Å². The molecule has 0 aliphatic rings. The van der Waals surface area contributed by atoms with Gasteiger partial charge in [0, 0.05) is 6.20 Å². The summed E-state index contributed by atoms with van der Waals surface area (Å²) < 4.78 is 26.0. The molecule has 0 aliphatic heterocycles. The summed E-state index contributed by atoms with van der Waals surface area (Å²) in [5.41, 5.74) is 6.86. The van der Waals surface area contributed by atoms with E-state index < -0.39 is 10.0 Å². The van der Waals surface area contributed by atoms with Gasteiger partial charge in [-0.05, 0) is 18.6 Å². The third-order valence-corrected chi connectivity index (χ3v) is 3.50. The standard InChI is InChI=1S/C9H11N5O2S/c1-6-2-9(11-5-8(6)10)14-17(15,16)7-3-12-13-4-7/h2-5H,10H2,1H3,(H,11,14)(H,12,13). The number of nitrogens with zero attached hydrogens (tertiary/aromatic N) is 2. The zero-order valence-corrected chi connectivity index (χ0v) is 9.82. The van der Waals surface area contributed by atoms with E-state index in [1.165, 1.54) is 18.6 Å². The summed E-state index contributed by atoms with van der Waals surface area (Å²) in [5, 5.41) is 6.01. The summed E-state index contributed by atoms with van der Waals surface area (Å²) >= 11 is 0. The SMILES string of the molecule is Cc1cc(NS(=O)(=O)c2cn[nH]c2)ncc1N. The Bertz CT molecular complexity index is 621. The molecule has 0 saturated heterocycles. The number of nitrogens with two attached hydrogens (primary N) is 1. The summed E-state index contributed by atoms with van der Waals surface area (Å²) in [6.45, 7) is 1.77. The Morgan fingerprint density at radius 1 is 1.41 bits per heavy atom. The molecule has 7 nitrogen and oxygen atoms in total. The second-order valence-electron chi connectivity index (χ2n) is 3.47. The minimum Gasteiger partial charge on any atom is -0.397 e. The molecule has 0 atom stereocenters. The van der Waals surface area contributed by atoms with E-state index in [0.717, 1.165) is 5.56 Å². The Morgan fingerprint density at radius 2 is 2.18 bits per heavy atom. The topological polar surface area (TPSA) is 114 Å². The number of aromatic nitrogens is 3. The Morgan fingerprint density at radius 3 is 2.76 bits per heavy atom. The van der Waals surface area contributed by atoms with Crippen molar-refractivity contribution in [3.63, 3.8) is 0 Å². The van der Waals surface area contributed by atoms with Gasteiger partial charge >= 0.3 is 0 Å². The number of H-pyrrole nitrogens is 1. The van der Waals surface area contributed by atoms with E-state index in [-0.39, 0.29) is 10.7 Å². The van der Waals surface area contributed by atoms with Gasteiger partial charge in [-0.1, -0.05) is 0 Å². The Balaban J connectivity index is 2.30. The molecule has 0 aromatic carbocycles. The predicted molar refractivity (Wildman–Crippen MR) is 62.8 cm³/mol. The molecular formula is C9H11N5O2S. The molecule has 0 saturated carbocycles. The van der Waals surface area contributed by atoms with E-state index in [9.17, 15) is 8.42 Å². The third kappa shape index (κ3) is 2.36. The van der Waals surface area contributed by atoms with Gasteiger partial charge in [-0.3, -0.25) is 9.82 Å². The number of hydrogen-bond acceptors (Lipinski definition) is 5. The van der Waals surface area contributed by atoms with Gasteiger partial charge in [-0.15, -0.1) is 0 Å². The number of nitrogens with one attached hydrogen (secondary N) is 2. The van der Waals surface area contributed by atoms with Gasteiger partial charge in [-0.2, -0.15) is 5.10 Å². The highest BCUT2D eigenvalue weighted by molar-refractivity contribution is 7.92. The molecule has 0 unspecified atom stereocenters.